The van der Waals surface area contributed by atoms with Crippen molar-refractivity contribution in [3.05, 3.63) is 65.7 Å². The summed E-state index contributed by atoms with van der Waals surface area (Å²) in [4.78, 5) is 26.3. The molecule has 9 nitrogen and oxygen atoms in total. The fourth-order valence-electron chi connectivity index (χ4n) is 3.28. The van der Waals surface area contributed by atoms with Crippen LogP contribution in [0.1, 0.15) is 12.0 Å². The summed E-state index contributed by atoms with van der Waals surface area (Å²) < 4.78 is 12.3. The third-order valence-electron chi connectivity index (χ3n) is 5.08. The van der Waals surface area contributed by atoms with Gasteiger partial charge < -0.3 is 14.8 Å². The first-order chi connectivity index (χ1) is 17.1. The number of methoxy groups -OCH3 is 1. The molecule has 1 aromatic carbocycles. The Balaban J connectivity index is 1.57. The number of carbonyl (C=O) groups is 1. The molecule has 1 N–H and O–H groups in total. The molecule has 0 aliphatic rings. The van der Waals surface area contributed by atoms with Gasteiger partial charge in [0.05, 0.1) is 40.8 Å². The minimum absolute atomic E-state index is 0.188. The van der Waals surface area contributed by atoms with Crippen molar-refractivity contribution < 1.29 is 14.3 Å². The van der Waals surface area contributed by atoms with Crippen LogP contribution in [-0.4, -0.2) is 62.8 Å². The van der Waals surface area contributed by atoms with Crippen LogP contribution in [-0.2, 0) is 14.3 Å². The number of amides is 1. The van der Waals surface area contributed by atoms with Crippen LogP contribution in [0.4, 0.5) is 5.82 Å². The van der Waals surface area contributed by atoms with Crippen molar-refractivity contribution in [2.24, 2.45) is 0 Å². The number of para-hydroxylation sites is 1. The van der Waals surface area contributed by atoms with Crippen LogP contribution in [0, 0.1) is 6.92 Å². The molecular formula is C24H25ClN6O3S. The minimum Gasteiger partial charge on any atom is -0.382 e. The number of benzene rings is 1. The highest BCUT2D eigenvalue weighted by Crippen LogP contribution is 2.32. The van der Waals surface area contributed by atoms with Gasteiger partial charge >= 0.3 is 0 Å². The molecule has 0 bridgehead atoms. The number of carbonyl (C=O) groups excluding carboxylic acids is 1. The minimum atomic E-state index is -0.484. The first-order valence-electron chi connectivity index (χ1n) is 11.0. The molecule has 4 rings (SSSR count). The van der Waals surface area contributed by atoms with Gasteiger partial charge in [-0.15, -0.1) is 0 Å². The second-order valence-electron chi connectivity index (χ2n) is 7.63. The van der Waals surface area contributed by atoms with Gasteiger partial charge in [-0.05, 0) is 37.1 Å². The molecule has 0 radical (unpaired) electrons. The molecule has 1 amide bonds. The number of nitrogens with one attached hydrogen (secondary N) is 1. The molecule has 0 aliphatic heterocycles. The molecule has 1 unspecified atom stereocenters. The molecular weight excluding hydrogens is 488 g/mol. The average molecular weight is 513 g/mol. The number of aryl methyl sites for hydroxylation is 1. The number of rotatable bonds is 11. The third kappa shape index (κ3) is 6.34. The predicted octanol–water partition coefficient (Wildman–Crippen LogP) is 4.32. The molecule has 0 saturated heterocycles. The molecule has 3 aromatic heterocycles. The Morgan fingerprint density at radius 2 is 1.97 bits per heavy atom. The Labute approximate surface area is 212 Å². The van der Waals surface area contributed by atoms with Crippen LogP contribution < -0.4 is 5.32 Å². The average Bonchev–Trinajstić information content (AvgIpc) is 3.29. The van der Waals surface area contributed by atoms with E-state index >= 15 is 0 Å². The van der Waals surface area contributed by atoms with Crippen LogP contribution >= 0.6 is 23.4 Å². The van der Waals surface area contributed by atoms with Crippen molar-refractivity contribution in [2.45, 2.75) is 23.6 Å². The highest BCUT2D eigenvalue weighted by molar-refractivity contribution is 8.00. The largest absolute Gasteiger partial charge is 0.382 e. The topological polar surface area (TPSA) is 104 Å². The Morgan fingerprint density at radius 1 is 1.11 bits per heavy atom. The number of nitrogens with zero attached hydrogens (tertiary/aromatic N) is 5. The molecule has 0 aliphatic carbocycles. The van der Waals surface area contributed by atoms with E-state index in [2.05, 4.69) is 25.4 Å². The number of halogens is 1. The normalized spacial score (nSPS) is 12.1. The molecule has 4 aromatic rings. The summed E-state index contributed by atoms with van der Waals surface area (Å²) in [6, 6.07) is 11.1. The molecule has 3 heterocycles. The van der Waals surface area contributed by atoms with Gasteiger partial charge in [0.1, 0.15) is 17.2 Å². The highest BCUT2D eigenvalue weighted by atomic mass is 35.5. The Kier molecular flexibility index (Phi) is 8.64. The number of pyridine rings is 1. The number of hydrogen-bond acceptors (Lipinski definition) is 8. The van der Waals surface area contributed by atoms with Crippen LogP contribution in [0.25, 0.3) is 16.7 Å². The Hall–Kier alpha value is -3.05. The summed E-state index contributed by atoms with van der Waals surface area (Å²) in [5.41, 5.74) is 2.33. The summed E-state index contributed by atoms with van der Waals surface area (Å²) in [5, 5.41) is 8.81. The fourth-order valence-corrected chi connectivity index (χ4v) is 4.52. The molecule has 0 spiro atoms. The molecule has 35 heavy (non-hydrogen) atoms. The van der Waals surface area contributed by atoms with Gasteiger partial charge in [-0.2, -0.15) is 5.10 Å². The monoisotopic (exact) mass is 512 g/mol. The maximum atomic E-state index is 13.2. The van der Waals surface area contributed by atoms with Gasteiger partial charge in [0.15, 0.2) is 5.65 Å². The number of thioether (sulfide) groups is 1. The number of anilines is 1. The smallest absolute Gasteiger partial charge is 0.239 e. The van der Waals surface area contributed by atoms with Gasteiger partial charge in [0.25, 0.3) is 0 Å². The predicted molar refractivity (Wildman–Crippen MR) is 136 cm³/mol. The summed E-state index contributed by atoms with van der Waals surface area (Å²) in [6.45, 7) is 3.28. The van der Waals surface area contributed by atoms with Crippen LogP contribution in [0.5, 0.6) is 0 Å². The lowest BCUT2D eigenvalue weighted by Crippen LogP contribution is -2.27. The van der Waals surface area contributed by atoms with Crippen molar-refractivity contribution >= 4 is 46.1 Å². The Morgan fingerprint density at radius 3 is 2.74 bits per heavy atom. The van der Waals surface area contributed by atoms with Gasteiger partial charge in [-0.3, -0.25) is 4.79 Å². The second-order valence-corrected chi connectivity index (χ2v) is 9.23. The summed E-state index contributed by atoms with van der Waals surface area (Å²) in [5.74, 6) is 0.304. The van der Waals surface area contributed by atoms with Gasteiger partial charge in [-0.25, -0.2) is 19.6 Å². The number of hydrogen-bond donors (Lipinski definition) is 1. The zero-order valence-electron chi connectivity index (χ0n) is 19.3. The van der Waals surface area contributed by atoms with E-state index in [1.807, 2.05) is 31.2 Å². The second kappa shape index (κ2) is 12.1. The van der Waals surface area contributed by atoms with Gasteiger partial charge in [-0.1, -0.05) is 41.6 Å². The fraction of sp³-hybridized carbons (Fsp3) is 0.292. The van der Waals surface area contributed by atoms with E-state index in [-0.39, 0.29) is 5.91 Å². The van der Waals surface area contributed by atoms with Crippen molar-refractivity contribution in [1.29, 1.82) is 0 Å². The standard InChI is InChI=1S/C24H25ClN6O3S/c1-16-7-8-21(26-13-16)30-23(32)20(9-10-34-12-11-33-2)35-24-17-14-29-31(22(17)27-15-28-24)19-6-4-3-5-18(19)25/h3-8,13-15,20H,9-12H2,1-2H3,(H,26,30,32). The molecule has 182 valence electrons. The highest BCUT2D eigenvalue weighted by Gasteiger charge is 2.23. The molecule has 11 heteroatoms. The van der Waals surface area contributed by atoms with E-state index in [9.17, 15) is 4.79 Å². The molecule has 0 saturated carbocycles. The summed E-state index contributed by atoms with van der Waals surface area (Å²) >= 11 is 7.71. The van der Waals surface area contributed by atoms with Crippen molar-refractivity contribution in [3.8, 4) is 5.69 Å². The van der Waals surface area contributed by atoms with Crippen LogP contribution in [0.15, 0.2) is 60.1 Å². The van der Waals surface area contributed by atoms with Crippen molar-refractivity contribution in [3.63, 3.8) is 0 Å². The zero-order chi connectivity index (χ0) is 24.6. The maximum Gasteiger partial charge on any atom is 0.239 e. The number of fused-ring (bicyclic) bond motifs is 1. The van der Waals surface area contributed by atoms with Gasteiger partial charge in [0.2, 0.25) is 5.91 Å². The first-order valence-corrected chi connectivity index (χ1v) is 12.2. The lowest BCUT2D eigenvalue weighted by Gasteiger charge is -2.16. The number of aromatic nitrogens is 5. The van der Waals surface area contributed by atoms with E-state index < -0.39 is 5.25 Å². The zero-order valence-corrected chi connectivity index (χ0v) is 20.9. The van der Waals surface area contributed by atoms with Crippen molar-refractivity contribution in [1.82, 2.24) is 24.7 Å². The van der Waals surface area contributed by atoms with Crippen molar-refractivity contribution in [2.75, 3.05) is 32.2 Å². The quantitative estimate of drug-likeness (QED) is 0.180. The third-order valence-corrected chi connectivity index (χ3v) is 6.68. The van der Waals surface area contributed by atoms with Crippen LogP contribution in [0.2, 0.25) is 5.02 Å². The molecule has 1 atom stereocenters. The number of ether oxygens (including phenoxy) is 2. The van der Waals surface area contributed by atoms with E-state index in [4.69, 9.17) is 21.1 Å². The van der Waals surface area contributed by atoms with Gasteiger partial charge in [0, 0.05) is 19.9 Å². The van der Waals surface area contributed by atoms with E-state index in [0.29, 0.717) is 53.4 Å². The molecule has 0 fully saturated rings. The Bertz CT molecular complexity index is 1280. The lowest BCUT2D eigenvalue weighted by molar-refractivity contribution is -0.116. The van der Waals surface area contributed by atoms with E-state index in [0.717, 1.165) is 10.9 Å². The first kappa shape index (κ1) is 25.1. The van der Waals surface area contributed by atoms with E-state index in [1.54, 1.807) is 36.3 Å². The van der Waals surface area contributed by atoms with E-state index in [1.165, 1.54) is 18.1 Å². The SMILES string of the molecule is COCCOCCC(Sc1ncnc2c1cnn2-c1ccccc1Cl)C(=O)Nc1ccc(C)cn1. The van der Waals surface area contributed by atoms with Crippen LogP contribution in [0.3, 0.4) is 0 Å². The summed E-state index contributed by atoms with van der Waals surface area (Å²) in [6.07, 6.45) is 5.33. The lowest BCUT2D eigenvalue weighted by atomic mass is 10.3. The maximum absolute atomic E-state index is 13.2. The summed E-state index contributed by atoms with van der Waals surface area (Å²) in [7, 11) is 1.62.